The van der Waals surface area contributed by atoms with Gasteiger partial charge in [0.1, 0.15) is 9.79 Å². The molecule has 0 aliphatic heterocycles. The Labute approximate surface area is 155 Å². The summed E-state index contributed by atoms with van der Waals surface area (Å²) in [5.74, 6) is -0.0560. The van der Waals surface area contributed by atoms with Crippen molar-refractivity contribution in [1.29, 1.82) is 0 Å². The number of rotatable bonds is 8. The zero-order valence-electron chi connectivity index (χ0n) is 15.3. The van der Waals surface area contributed by atoms with Crippen LogP contribution in [0, 0.1) is 11.8 Å². The summed E-state index contributed by atoms with van der Waals surface area (Å²) in [6.45, 7) is 7.14. The van der Waals surface area contributed by atoms with Gasteiger partial charge >= 0.3 is 0 Å². The standard InChI is InChI=1S/C18H24O6S2/c1-13(2)11-23-25(19,20)17-10-9-15-7-5-6-8-16(15)18(17)26(21,22)24-12-14(3)4/h5-10,13-14H,11-12H2,1-4H3. The maximum absolute atomic E-state index is 12.8. The third-order valence-electron chi connectivity index (χ3n) is 3.48. The van der Waals surface area contributed by atoms with Crippen LogP contribution < -0.4 is 0 Å². The highest BCUT2D eigenvalue weighted by molar-refractivity contribution is 7.90. The average Bonchev–Trinajstić information content (AvgIpc) is 2.57. The summed E-state index contributed by atoms with van der Waals surface area (Å²) in [5.41, 5.74) is 0. The number of hydrogen-bond donors (Lipinski definition) is 0. The molecule has 2 rings (SSSR count). The molecule has 0 bridgehead atoms. The molecule has 0 saturated carbocycles. The Hall–Kier alpha value is -1.48. The molecule has 2 aromatic carbocycles. The van der Waals surface area contributed by atoms with Crippen molar-refractivity contribution in [2.75, 3.05) is 13.2 Å². The van der Waals surface area contributed by atoms with Gasteiger partial charge in [-0.2, -0.15) is 16.8 Å². The lowest BCUT2D eigenvalue weighted by atomic mass is 10.1. The van der Waals surface area contributed by atoms with Crippen molar-refractivity contribution in [3.05, 3.63) is 36.4 Å². The van der Waals surface area contributed by atoms with E-state index in [1.807, 2.05) is 13.8 Å². The molecule has 0 heterocycles. The zero-order chi connectivity index (χ0) is 19.5. The Balaban J connectivity index is 2.68. The molecule has 144 valence electrons. The molecule has 0 atom stereocenters. The van der Waals surface area contributed by atoms with Gasteiger partial charge < -0.3 is 0 Å². The number of hydrogen-bond acceptors (Lipinski definition) is 6. The first-order valence-electron chi connectivity index (χ1n) is 8.35. The molecule has 8 heteroatoms. The van der Waals surface area contributed by atoms with Gasteiger partial charge in [-0.15, -0.1) is 0 Å². The maximum Gasteiger partial charge on any atom is 0.299 e. The third-order valence-corrected chi connectivity index (χ3v) is 6.32. The van der Waals surface area contributed by atoms with Gasteiger partial charge in [-0.1, -0.05) is 58.0 Å². The summed E-state index contributed by atoms with van der Waals surface area (Å²) in [5, 5.41) is 0.882. The summed E-state index contributed by atoms with van der Waals surface area (Å²) < 4.78 is 61.1. The van der Waals surface area contributed by atoms with Crippen LogP contribution in [0.15, 0.2) is 46.2 Å². The smallest absolute Gasteiger partial charge is 0.266 e. The minimum atomic E-state index is -4.29. The van der Waals surface area contributed by atoms with Crippen LogP contribution >= 0.6 is 0 Å². The lowest BCUT2D eigenvalue weighted by Gasteiger charge is -2.15. The maximum atomic E-state index is 12.8. The van der Waals surface area contributed by atoms with E-state index < -0.39 is 25.1 Å². The van der Waals surface area contributed by atoms with E-state index in [0.717, 1.165) is 0 Å². The van der Waals surface area contributed by atoms with E-state index in [1.165, 1.54) is 6.07 Å². The van der Waals surface area contributed by atoms with Gasteiger partial charge in [-0.3, -0.25) is 8.37 Å². The number of fused-ring (bicyclic) bond motifs is 1. The van der Waals surface area contributed by atoms with Crippen LogP contribution in [-0.4, -0.2) is 30.0 Å². The fraction of sp³-hybridized carbons (Fsp3) is 0.444. The second-order valence-electron chi connectivity index (χ2n) is 6.88. The molecule has 0 fully saturated rings. The summed E-state index contributed by atoms with van der Waals surface area (Å²) in [6.07, 6.45) is 0. The Morgan fingerprint density at radius 2 is 1.31 bits per heavy atom. The van der Waals surface area contributed by atoms with E-state index in [1.54, 1.807) is 44.2 Å². The van der Waals surface area contributed by atoms with Crippen LogP contribution in [0.25, 0.3) is 10.8 Å². The molecule has 0 saturated heterocycles. The lowest BCUT2D eigenvalue weighted by Crippen LogP contribution is -2.18. The minimum Gasteiger partial charge on any atom is -0.266 e. The van der Waals surface area contributed by atoms with Gasteiger partial charge in [0.25, 0.3) is 20.2 Å². The first-order chi connectivity index (χ1) is 12.0. The molecule has 2 aromatic rings. The van der Waals surface area contributed by atoms with Crippen molar-refractivity contribution >= 4 is 31.0 Å². The lowest BCUT2D eigenvalue weighted by molar-refractivity contribution is 0.269. The molecule has 0 aliphatic rings. The summed E-state index contributed by atoms with van der Waals surface area (Å²) in [6, 6.07) is 9.48. The highest BCUT2D eigenvalue weighted by Crippen LogP contribution is 2.32. The number of benzene rings is 2. The highest BCUT2D eigenvalue weighted by atomic mass is 32.2. The predicted octanol–water partition coefficient (Wildman–Crippen LogP) is 3.56. The summed E-state index contributed by atoms with van der Waals surface area (Å²) in [4.78, 5) is -0.777. The first-order valence-corrected chi connectivity index (χ1v) is 11.2. The Kier molecular flexibility index (Phi) is 6.44. The van der Waals surface area contributed by atoms with Gasteiger partial charge in [0, 0.05) is 5.39 Å². The minimum absolute atomic E-state index is 0.0255. The Bertz CT molecular complexity index is 976. The van der Waals surface area contributed by atoms with Crippen molar-refractivity contribution in [2.24, 2.45) is 11.8 Å². The third kappa shape index (κ3) is 4.82. The summed E-state index contributed by atoms with van der Waals surface area (Å²) in [7, 11) is -8.55. The molecule has 0 unspecified atom stereocenters. The van der Waals surface area contributed by atoms with Gasteiger partial charge in [-0.25, -0.2) is 0 Å². The van der Waals surface area contributed by atoms with E-state index in [4.69, 9.17) is 8.37 Å². The van der Waals surface area contributed by atoms with E-state index in [9.17, 15) is 16.8 Å². The molecule has 26 heavy (non-hydrogen) atoms. The van der Waals surface area contributed by atoms with Crippen LogP contribution in [0.2, 0.25) is 0 Å². The van der Waals surface area contributed by atoms with Crippen LogP contribution in [0.1, 0.15) is 27.7 Å². The van der Waals surface area contributed by atoms with E-state index >= 15 is 0 Å². The van der Waals surface area contributed by atoms with Gasteiger partial charge in [0.15, 0.2) is 0 Å². The highest BCUT2D eigenvalue weighted by Gasteiger charge is 2.30. The fourth-order valence-electron chi connectivity index (χ4n) is 2.25. The fourth-order valence-corrected chi connectivity index (χ4v) is 5.35. The molecule has 0 spiro atoms. The first kappa shape index (κ1) is 20.8. The molecular formula is C18H24O6S2. The second-order valence-corrected chi connectivity index (χ2v) is 10.0. The van der Waals surface area contributed by atoms with Crippen molar-refractivity contribution in [2.45, 2.75) is 37.5 Å². The zero-order valence-corrected chi connectivity index (χ0v) is 16.9. The SMILES string of the molecule is CC(C)COS(=O)(=O)c1ccc2ccccc2c1S(=O)(=O)OCC(C)C. The molecule has 0 radical (unpaired) electrons. The largest absolute Gasteiger partial charge is 0.299 e. The Morgan fingerprint density at radius 1 is 0.769 bits per heavy atom. The molecule has 0 amide bonds. The normalized spacial score (nSPS) is 13.0. The predicted molar refractivity (Wildman–Crippen MR) is 99.9 cm³/mol. The van der Waals surface area contributed by atoms with Gasteiger partial charge in [-0.05, 0) is 23.3 Å². The summed E-state index contributed by atoms with van der Waals surface area (Å²) >= 11 is 0. The van der Waals surface area contributed by atoms with E-state index in [0.29, 0.717) is 5.39 Å². The van der Waals surface area contributed by atoms with Crippen molar-refractivity contribution in [1.82, 2.24) is 0 Å². The molecule has 0 N–H and O–H groups in total. The van der Waals surface area contributed by atoms with Crippen LogP contribution in [-0.2, 0) is 28.6 Å². The van der Waals surface area contributed by atoms with Crippen LogP contribution in [0.5, 0.6) is 0 Å². The van der Waals surface area contributed by atoms with E-state index in [-0.39, 0.29) is 35.3 Å². The molecule has 0 aromatic heterocycles. The topological polar surface area (TPSA) is 86.7 Å². The van der Waals surface area contributed by atoms with Gasteiger partial charge in [0.05, 0.1) is 13.2 Å². The van der Waals surface area contributed by atoms with Gasteiger partial charge in [0.2, 0.25) is 0 Å². The average molecular weight is 401 g/mol. The molecular weight excluding hydrogens is 376 g/mol. The van der Waals surface area contributed by atoms with Crippen molar-refractivity contribution in [3.8, 4) is 0 Å². The van der Waals surface area contributed by atoms with E-state index in [2.05, 4.69) is 0 Å². The van der Waals surface area contributed by atoms with Crippen molar-refractivity contribution in [3.63, 3.8) is 0 Å². The van der Waals surface area contributed by atoms with Crippen LogP contribution in [0.3, 0.4) is 0 Å². The molecule has 6 nitrogen and oxygen atoms in total. The second kappa shape index (κ2) is 8.04. The van der Waals surface area contributed by atoms with Crippen LogP contribution in [0.4, 0.5) is 0 Å². The Morgan fingerprint density at radius 3 is 1.88 bits per heavy atom. The quantitative estimate of drug-likeness (QED) is 0.630. The molecule has 0 aliphatic carbocycles. The van der Waals surface area contributed by atoms with Crippen molar-refractivity contribution < 1.29 is 25.2 Å². The monoisotopic (exact) mass is 400 g/mol.